The van der Waals surface area contributed by atoms with Gasteiger partial charge >= 0.3 is 248 Å². The molecule has 0 fully saturated rings. The van der Waals surface area contributed by atoms with E-state index in [1.165, 1.54) is 64.5 Å². The van der Waals surface area contributed by atoms with E-state index in [4.69, 9.17) is 115 Å². The van der Waals surface area contributed by atoms with Gasteiger partial charge in [-0.3, -0.25) is 0 Å². The first kappa shape index (κ1) is 79.1. The maximum absolute atomic E-state index is 8.85. The van der Waals surface area contributed by atoms with Gasteiger partial charge in [0.15, 0.2) is 0 Å². The zero-order valence-corrected chi connectivity index (χ0v) is 45.7. The van der Waals surface area contributed by atoms with Crippen molar-refractivity contribution in [2.75, 3.05) is 13.1 Å². The normalized spacial score (nSPS) is 12.6. The number of nitrogens with one attached hydrogen (secondary N) is 1. The van der Waals surface area contributed by atoms with Gasteiger partial charge in [-0.2, -0.15) is 0 Å². The van der Waals surface area contributed by atoms with Gasteiger partial charge in [0.25, 0.3) is 0 Å². The minimum atomic E-state index is -5.52. The molecule has 0 aliphatic heterocycles. The molecule has 0 saturated carbocycles. The molecule has 33 nitrogen and oxygen atoms in total. The van der Waals surface area contributed by atoms with Crippen molar-refractivity contribution in [3.05, 3.63) is 0 Å². The Bertz CT molecular complexity index is 1380. The second kappa shape index (κ2) is 41.6. The third kappa shape index (κ3) is 463. The molecule has 0 amide bonds. The van der Waals surface area contributed by atoms with E-state index in [-0.39, 0.29) is 0 Å². The van der Waals surface area contributed by atoms with Crippen molar-refractivity contribution in [1.82, 2.24) is 5.32 Å². The average molecular weight is 1540 g/mol. The van der Waals surface area contributed by atoms with Crippen molar-refractivity contribution >= 4 is 0 Å². The van der Waals surface area contributed by atoms with Crippen molar-refractivity contribution in [1.29, 1.82) is 0 Å². The summed E-state index contributed by atoms with van der Waals surface area (Å²) in [5.74, 6) is 1.80. The second-order valence-electron chi connectivity index (χ2n) is 9.07. The summed E-state index contributed by atoms with van der Waals surface area (Å²) in [6.45, 7) is 11.7. The van der Waals surface area contributed by atoms with Gasteiger partial charge < -0.3 is 5.32 Å². The van der Waals surface area contributed by atoms with Crippen molar-refractivity contribution < 1.29 is 248 Å². The summed E-state index contributed by atoms with van der Waals surface area (Å²) in [4.78, 5) is 0. The van der Waals surface area contributed by atoms with Crippen LogP contribution in [0.15, 0.2) is 0 Å². The zero-order valence-electron chi connectivity index (χ0n) is 29.7. The van der Waals surface area contributed by atoms with E-state index in [0.29, 0.717) is 0 Å². The van der Waals surface area contributed by atoms with Crippen LogP contribution in [0.2, 0.25) is 0 Å². The van der Waals surface area contributed by atoms with E-state index in [9.17, 15) is 0 Å². The molecule has 0 bridgehead atoms. The Hall–Kier alpha value is 1.63. The fourth-order valence-electron chi connectivity index (χ4n) is 2.38. The van der Waals surface area contributed by atoms with Crippen molar-refractivity contribution in [2.24, 2.45) is 11.8 Å². The van der Waals surface area contributed by atoms with Crippen LogP contribution < -0.4 is 5.32 Å². The fraction of sp³-hybridized carbons (Fsp3) is 1.00. The van der Waals surface area contributed by atoms with E-state index in [1.54, 1.807) is 0 Å². The van der Waals surface area contributed by atoms with Crippen LogP contribution >= 0.6 is 0 Å². The summed E-state index contributed by atoms with van der Waals surface area (Å²) in [6.07, 6.45) is 10.9. The van der Waals surface area contributed by atoms with E-state index >= 15 is 0 Å². The monoisotopic (exact) mass is 1550 g/mol. The molecule has 0 saturated heterocycles. The first-order valence-electron chi connectivity index (χ1n) is 13.6. The molecule has 0 heterocycles. The Labute approximate surface area is 353 Å². The van der Waals surface area contributed by atoms with Crippen LogP contribution in [0, 0.1) is 11.8 Å². The summed E-state index contributed by atoms with van der Waals surface area (Å²) in [6, 6.07) is 0. The summed E-state index contributed by atoms with van der Waals surface area (Å²) < 4.78 is 256. The van der Waals surface area contributed by atoms with Crippen LogP contribution in [0.4, 0.5) is 0 Å². The van der Waals surface area contributed by atoms with Crippen molar-refractivity contribution in [3.63, 3.8) is 0 Å². The number of unbranched alkanes of at least 4 members (excludes halogenated alkanes) is 2. The van der Waals surface area contributed by atoms with Crippen LogP contribution in [0.1, 0.15) is 79.1 Å². The SMILES string of the molecule is CCCCC(CC)CNCC(CC)CCCC.[O]=[Mo](=[O])([OH])[OH].[O]=[Mo](=[O])([OH])[OH].[O]=[Mo](=[O])([OH])[OH].[O]=[Mo](=[O])([OH])[OH].[O]=[Mo](=[O])([OH])[OH].[O]=[Mo](=[O])([OH])[OH].[O]=[Mo](=[O])([OH])[OH].[O]=[Mo](=[O])([OH])[OH]. The summed E-state index contributed by atoms with van der Waals surface area (Å²) in [7, 11) is 0. The summed E-state index contributed by atoms with van der Waals surface area (Å²) >= 11 is -44.2. The molecule has 0 aliphatic carbocycles. The molecule has 360 valence electrons. The van der Waals surface area contributed by atoms with Gasteiger partial charge in [0.05, 0.1) is 0 Å². The van der Waals surface area contributed by atoms with E-state index < -0.39 is 134 Å². The molecular weight excluding hydrogens is 1490 g/mol. The van der Waals surface area contributed by atoms with Crippen molar-refractivity contribution in [2.45, 2.75) is 79.1 Å². The Kier molecular flexibility index (Phi) is 57.7. The topological polar surface area (TPSA) is 609 Å². The Morgan fingerprint density at radius 3 is 0.526 bits per heavy atom. The second-order valence-corrected chi connectivity index (χ2v) is 26.7. The van der Waals surface area contributed by atoms with Crippen molar-refractivity contribution in [3.8, 4) is 0 Å². The van der Waals surface area contributed by atoms with Crippen LogP contribution in [-0.2, 0) is 188 Å². The van der Waals surface area contributed by atoms with Crippen LogP contribution in [0.25, 0.3) is 0 Å². The predicted octanol–water partition coefficient (Wildman–Crippen LogP) is -5.82. The van der Waals surface area contributed by atoms with Gasteiger partial charge in [-0.15, -0.1) is 0 Å². The van der Waals surface area contributed by atoms with E-state index in [2.05, 4.69) is 33.0 Å². The average Bonchev–Trinajstić information content (AvgIpc) is 2.80. The first-order valence-corrected chi connectivity index (χ1v) is 41.0. The Balaban J connectivity index is -0.0000000696. The third-order valence-electron chi connectivity index (χ3n) is 3.95. The molecule has 0 aromatic heterocycles. The summed E-state index contributed by atoms with van der Waals surface area (Å²) in [5.41, 5.74) is 0. The van der Waals surface area contributed by atoms with E-state index in [0.717, 1.165) is 11.8 Å². The van der Waals surface area contributed by atoms with Gasteiger partial charge in [-0.1, -0.05) is 66.2 Å². The number of hydrogen-bond donors (Lipinski definition) is 17. The quantitative estimate of drug-likeness (QED) is 0.0810. The van der Waals surface area contributed by atoms with Gasteiger partial charge in [-0.25, -0.2) is 0 Å². The first-order chi connectivity index (χ1) is 24.3. The molecule has 2 atom stereocenters. The van der Waals surface area contributed by atoms with Gasteiger partial charge in [0.2, 0.25) is 0 Å². The third-order valence-corrected chi connectivity index (χ3v) is 3.95. The molecule has 0 aromatic rings. The number of rotatable bonds is 12. The molecular formula is C16H51Mo8NO32. The number of hydrogen-bond acceptors (Lipinski definition) is 17. The van der Waals surface area contributed by atoms with Crippen LogP contribution in [-0.4, -0.2) is 73.2 Å². The van der Waals surface area contributed by atoms with Crippen LogP contribution in [0.5, 0.6) is 0 Å². The molecule has 0 radical (unpaired) electrons. The molecule has 0 aromatic carbocycles. The van der Waals surface area contributed by atoms with Crippen LogP contribution in [0.3, 0.4) is 0 Å². The molecule has 41 heteroatoms. The Morgan fingerprint density at radius 1 is 0.316 bits per heavy atom. The fourth-order valence-corrected chi connectivity index (χ4v) is 2.38. The predicted molar refractivity (Wildman–Crippen MR) is 126 cm³/mol. The van der Waals surface area contributed by atoms with E-state index in [1.807, 2.05) is 0 Å². The molecule has 2 unspecified atom stereocenters. The van der Waals surface area contributed by atoms with Gasteiger partial charge in [0, 0.05) is 0 Å². The van der Waals surface area contributed by atoms with Gasteiger partial charge in [-0.05, 0) is 37.8 Å². The molecule has 17 N–H and O–H groups in total. The maximum atomic E-state index is 8.85. The Morgan fingerprint density at radius 2 is 0.439 bits per heavy atom. The van der Waals surface area contributed by atoms with Gasteiger partial charge in [0.1, 0.15) is 0 Å². The minimum absolute atomic E-state index is 0.902. The molecule has 0 rings (SSSR count). The molecule has 0 spiro atoms. The molecule has 57 heavy (non-hydrogen) atoms. The molecule has 0 aliphatic rings. The zero-order chi connectivity index (χ0) is 48.9. The standard InChI is InChI=1S/C16H35N.8Mo.16H2O.16O/c1-5-9-11-15(7-3)13-17-14-16(8-4)12-10-6-2;;;;;;;;;;;;;;;;;;;;;;;;;;;;;;;;;;;;;;;;/h15-17H,5-14H2,1-4H3;;;;;;;;;16*1H2;;;;;;;;;;;;;;;;/q;8*+2;;;;;;;;;;;;;;;;;;;;;;;;;;;;;;;;/p-16. The summed E-state index contributed by atoms with van der Waals surface area (Å²) in [5, 5.41) is 3.71.